The molecular formula is C15H13ClO2. The van der Waals surface area contributed by atoms with Crippen LogP contribution in [0, 0.1) is 0 Å². The van der Waals surface area contributed by atoms with Crippen LogP contribution in [0.15, 0.2) is 54.6 Å². The quantitative estimate of drug-likeness (QED) is 0.779. The molecule has 18 heavy (non-hydrogen) atoms. The van der Waals surface area contributed by atoms with Crippen LogP contribution >= 0.6 is 11.6 Å². The third-order valence-corrected chi connectivity index (χ3v) is 2.96. The van der Waals surface area contributed by atoms with Crippen LogP contribution in [0.4, 0.5) is 0 Å². The van der Waals surface area contributed by atoms with Gasteiger partial charge >= 0.3 is 0 Å². The Bertz CT molecular complexity index is 520. The van der Waals surface area contributed by atoms with Gasteiger partial charge in [-0.25, -0.2) is 0 Å². The van der Waals surface area contributed by atoms with Gasteiger partial charge in [-0.05, 0) is 17.7 Å². The fourth-order valence-electron chi connectivity index (χ4n) is 1.79. The van der Waals surface area contributed by atoms with Gasteiger partial charge in [-0.3, -0.25) is 4.79 Å². The van der Waals surface area contributed by atoms with Crippen molar-refractivity contribution in [3.8, 4) is 0 Å². The number of methoxy groups -OCH3 is 1. The van der Waals surface area contributed by atoms with Crippen molar-refractivity contribution in [2.45, 2.75) is 6.10 Å². The molecule has 3 heteroatoms. The first-order valence-electron chi connectivity index (χ1n) is 5.60. The van der Waals surface area contributed by atoms with E-state index >= 15 is 0 Å². The van der Waals surface area contributed by atoms with Gasteiger partial charge in [0.2, 0.25) is 0 Å². The van der Waals surface area contributed by atoms with E-state index in [4.69, 9.17) is 16.3 Å². The Morgan fingerprint density at radius 1 is 1.06 bits per heavy atom. The molecule has 0 aliphatic carbocycles. The summed E-state index contributed by atoms with van der Waals surface area (Å²) >= 11 is 5.83. The smallest absolute Gasteiger partial charge is 0.196 e. The summed E-state index contributed by atoms with van der Waals surface area (Å²) in [5.74, 6) is -0.0552. The fraction of sp³-hybridized carbons (Fsp3) is 0.133. The Kier molecular flexibility index (Phi) is 4.13. The number of rotatable bonds is 4. The highest BCUT2D eigenvalue weighted by molar-refractivity contribution is 6.30. The maximum atomic E-state index is 12.3. The summed E-state index contributed by atoms with van der Waals surface area (Å²) in [6.07, 6.45) is -0.593. The van der Waals surface area contributed by atoms with Crippen LogP contribution in [0.25, 0.3) is 0 Å². The number of carbonyl (C=O) groups excluding carboxylic acids is 1. The summed E-state index contributed by atoms with van der Waals surface area (Å²) in [6.45, 7) is 0. The van der Waals surface area contributed by atoms with Gasteiger partial charge in [0.15, 0.2) is 5.78 Å². The van der Waals surface area contributed by atoms with Gasteiger partial charge < -0.3 is 4.74 Å². The van der Waals surface area contributed by atoms with Crippen LogP contribution in [0.3, 0.4) is 0 Å². The summed E-state index contributed by atoms with van der Waals surface area (Å²) in [5.41, 5.74) is 1.44. The van der Waals surface area contributed by atoms with Gasteiger partial charge in [0.1, 0.15) is 6.10 Å². The fourth-order valence-corrected chi connectivity index (χ4v) is 1.91. The number of hydrogen-bond donors (Lipinski definition) is 0. The minimum absolute atomic E-state index is 0.0552. The molecule has 92 valence electrons. The molecule has 0 aliphatic rings. The number of carbonyl (C=O) groups is 1. The van der Waals surface area contributed by atoms with Crippen molar-refractivity contribution in [3.63, 3.8) is 0 Å². The van der Waals surface area contributed by atoms with Crippen LogP contribution in [-0.4, -0.2) is 12.9 Å². The Labute approximate surface area is 111 Å². The minimum atomic E-state index is -0.593. The van der Waals surface area contributed by atoms with Crippen molar-refractivity contribution in [2.24, 2.45) is 0 Å². The molecule has 0 heterocycles. The van der Waals surface area contributed by atoms with Gasteiger partial charge in [-0.2, -0.15) is 0 Å². The first kappa shape index (κ1) is 12.8. The van der Waals surface area contributed by atoms with E-state index in [0.717, 1.165) is 5.56 Å². The van der Waals surface area contributed by atoms with Crippen molar-refractivity contribution in [1.29, 1.82) is 0 Å². The third kappa shape index (κ3) is 2.78. The molecule has 2 aromatic rings. The van der Waals surface area contributed by atoms with Crippen LogP contribution in [-0.2, 0) is 4.74 Å². The molecule has 2 aromatic carbocycles. The average molecular weight is 261 g/mol. The second kappa shape index (κ2) is 5.80. The highest BCUT2D eigenvalue weighted by Gasteiger charge is 2.21. The molecule has 1 atom stereocenters. The molecule has 0 aliphatic heterocycles. The summed E-state index contributed by atoms with van der Waals surface area (Å²) < 4.78 is 5.30. The van der Waals surface area contributed by atoms with E-state index in [1.165, 1.54) is 7.11 Å². The number of benzene rings is 2. The first-order chi connectivity index (χ1) is 8.72. The highest BCUT2D eigenvalue weighted by atomic mass is 35.5. The van der Waals surface area contributed by atoms with Crippen molar-refractivity contribution >= 4 is 17.4 Å². The van der Waals surface area contributed by atoms with E-state index in [1.54, 1.807) is 36.4 Å². The van der Waals surface area contributed by atoms with E-state index < -0.39 is 6.10 Å². The monoisotopic (exact) mass is 260 g/mol. The molecular weight excluding hydrogens is 248 g/mol. The lowest BCUT2D eigenvalue weighted by atomic mass is 10.00. The Hall–Kier alpha value is -1.64. The Morgan fingerprint density at radius 3 is 2.22 bits per heavy atom. The summed E-state index contributed by atoms with van der Waals surface area (Å²) in [6, 6.07) is 16.2. The second-order valence-corrected chi connectivity index (χ2v) is 4.33. The van der Waals surface area contributed by atoms with E-state index in [0.29, 0.717) is 10.6 Å². The van der Waals surface area contributed by atoms with E-state index in [9.17, 15) is 4.79 Å². The van der Waals surface area contributed by atoms with Crippen LogP contribution in [0.5, 0.6) is 0 Å². The van der Waals surface area contributed by atoms with Gasteiger partial charge in [0.25, 0.3) is 0 Å². The molecule has 0 spiro atoms. The normalized spacial score (nSPS) is 12.1. The Balaban J connectivity index is 2.29. The second-order valence-electron chi connectivity index (χ2n) is 3.90. The van der Waals surface area contributed by atoms with Crippen LogP contribution < -0.4 is 0 Å². The zero-order valence-electron chi connectivity index (χ0n) is 9.97. The van der Waals surface area contributed by atoms with Crippen molar-refractivity contribution in [1.82, 2.24) is 0 Å². The summed E-state index contributed by atoms with van der Waals surface area (Å²) in [7, 11) is 1.53. The SMILES string of the molecule is COC(C(=O)c1ccccc1)c1ccc(Cl)cc1. The average Bonchev–Trinajstić information content (AvgIpc) is 2.42. The summed E-state index contributed by atoms with van der Waals surface area (Å²) in [4.78, 5) is 12.3. The number of ether oxygens (including phenoxy) is 1. The van der Waals surface area contributed by atoms with Gasteiger partial charge in [0, 0.05) is 17.7 Å². The largest absolute Gasteiger partial charge is 0.369 e. The van der Waals surface area contributed by atoms with Gasteiger partial charge in [-0.1, -0.05) is 54.1 Å². The predicted octanol–water partition coefficient (Wildman–Crippen LogP) is 3.91. The standard InChI is InChI=1S/C15H13ClO2/c1-18-15(12-7-9-13(16)10-8-12)14(17)11-5-3-2-4-6-11/h2-10,15H,1H3. The number of hydrogen-bond acceptors (Lipinski definition) is 2. The lowest BCUT2D eigenvalue weighted by Gasteiger charge is -2.14. The van der Waals surface area contributed by atoms with Crippen molar-refractivity contribution in [2.75, 3.05) is 7.11 Å². The third-order valence-electron chi connectivity index (χ3n) is 2.70. The van der Waals surface area contributed by atoms with Crippen LogP contribution in [0.1, 0.15) is 22.0 Å². The first-order valence-corrected chi connectivity index (χ1v) is 5.97. The molecule has 0 amide bonds. The maximum absolute atomic E-state index is 12.3. The van der Waals surface area contributed by atoms with Crippen molar-refractivity contribution < 1.29 is 9.53 Å². The zero-order valence-corrected chi connectivity index (χ0v) is 10.7. The molecule has 2 rings (SSSR count). The highest BCUT2D eigenvalue weighted by Crippen LogP contribution is 2.23. The number of halogens is 1. The van der Waals surface area contributed by atoms with Crippen LogP contribution in [0.2, 0.25) is 5.02 Å². The topological polar surface area (TPSA) is 26.3 Å². The molecule has 1 unspecified atom stereocenters. The summed E-state index contributed by atoms with van der Waals surface area (Å²) in [5, 5.41) is 0.640. The lowest BCUT2D eigenvalue weighted by molar-refractivity contribution is 0.0604. The molecule has 0 radical (unpaired) electrons. The molecule has 0 aromatic heterocycles. The lowest BCUT2D eigenvalue weighted by Crippen LogP contribution is -2.14. The van der Waals surface area contributed by atoms with Gasteiger partial charge in [-0.15, -0.1) is 0 Å². The minimum Gasteiger partial charge on any atom is -0.369 e. The molecule has 0 fully saturated rings. The number of Topliss-reactive ketones (excluding diaryl/α,β-unsaturated/α-hetero) is 1. The Morgan fingerprint density at radius 2 is 1.67 bits per heavy atom. The number of ketones is 1. The molecule has 0 saturated carbocycles. The van der Waals surface area contributed by atoms with E-state index in [2.05, 4.69) is 0 Å². The molecule has 0 bridgehead atoms. The van der Waals surface area contributed by atoms with E-state index in [-0.39, 0.29) is 5.78 Å². The molecule has 0 N–H and O–H groups in total. The van der Waals surface area contributed by atoms with Gasteiger partial charge in [0.05, 0.1) is 0 Å². The molecule has 0 saturated heterocycles. The van der Waals surface area contributed by atoms with E-state index in [1.807, 2.05) is 18.2 Å². The zero-order chi connectivity index (χ0) is 13.0. The van der Waals surface area contributed by atoms with Crippen molar-refractivity contribution in [3.05, 3.63) is 70.7 Å². The molecule has 2 nitrogen and oxygen atoms in total. The maximum Gasteiger partial charge on any atom is 0.196 e. The predicted molar refractivity (Wildman–Crippen MR) is 72.0 cm³/mol.